The molecule has 2 heterocycles. The fourth-order valence-corrected chi connectivity index (χ4v) is 3.18. The molecule has 1 atom stereocenters. The summed E-state index contributed by atoms with van der Waals surface area (Å²) < 4.78 is 2.00. The van der Waals surface area contributed by atoms with Crippen LogP contribution in [0.15, 0.2) is 18.5 Å². The molecule has 0 aliphatic heterocycles. The lowest BCUT2D eigenvalue weighted by Gasteiger charge is -2.14. The van der Waals surface area contributed by atoms with E-state index in [9.17, 15) is 0 Å². The number of thiophene rings is 1. The molecule has 20 heavy (non-hydrogen) atoms. The molecule has 1 N–H and O–H groups in total. The van der Waals surface area contributed by atoms with Gasteiger partial charge in [-0.05, 0) is 38.3 Å². The summed E-state index contributed by atoms with van der Waals surface area (Å²) in [5, 5.41) is 7.83. The van der Waals surface area contributed by atoms with E-state index in [0.29, 0.717) is 12.0 Å². The first-order valence-electron chi connectivity index (χ1n) is 7.20. The molecule has 5 heteroatoms. The van der Waals surface area contributed by atoms with Gasteiger partial charge in [0.1, 0.15) is 12.2 Å². The zero-order valence-corrected chi connectivity index (χ0v) is 13.6. The van der Waals surface area contributed by atoms with Gasteiger partial charge in [-0.15, -0.1) is 11.3 Å². The zero-order valence-electron chi connectivity index (χ0n) is 12.8. The monoisotopic (exact) mass is 292 g/mol. The van der Waals surface area contributed by atoms with Gasteiger partial charge in [0.05, 0.1) is 6.54 Å². The average molecular weight is 292 g/mol. The minimum absolute atomic E-state index is 0.442. The van der Waals surface area contributed by atoms with Crippen LogP contribution >= 0.6 is 11.3 Å². The molecule has 0 radical (unpaired) electrons. The fourth-order valence-electron chi connectivity index (χ4n) is 2.16. The predicted octanol–water partition coefficient (Wildman–Crippen LogP) is 3.02. The molecule has 0 aliphatic carbocycles. The van der Waals surface area contributed by atoms with Crippen molar-refractivity contribution in [2.75, 3.05) is 0 Å². The zero-order chi connectivity index (χ0) is 14.5. The van der Waals surface area contributed by atoms with E-state index in [4.69, 9.17) is 0 Å². The van der Waals surface area contributed by atoms with Crippen molar-refractivity contribution in [2.45, 2.75) is 53.2 Å². The number of nitrogens with one attached hydrogen (secondary N) is 1. The molecule has 0 saturated carbocycles. The second-order valence-electron chi connectivity index (χ2n) is 5.75. The van der Waals surface area contributed by atoms with Crippen molar-refractivity contribution in [1.82, 2.24) is 20.1 Å². The van der Waals surface area contributed by atoms with Crippen molar-refractivity contribution in [3.63, 3.8) is 0 Å². The molecule has 1 unspecified atom stereocenters. The van der Waals surface area contributed by atoms with E-state index in [-0.39, 0.29) is 0 Å². The Morgan fingerprint density at radius 3 is 2.75 bits per heavy atom. The highest BCUT2D eigenvalue weighted by atomic mass is 32.1. The normalized spacial score (nSPS) is 13.1. The summed E-state index contributed by atoms with van der Waals surface area (Å²) in [4.78, 5) is 7.16. The van der Waals surface area contributed by atoms with E-state index in [2.05, 4.69) is 55.2 Å². The van der Waals surface area contributed by atoms with Gasteiger partial charge in [-0.3, -0.25) is 0 Å². The third-order valence-electron chi connectivity index (χ3n) is 3.15. The van der Waals surface area contributed by atoms with E-state index >= 15 is 0 Å². The highest BCUT2D eigenvalue weighted by Crippen LogP contribution is 2.16. The maximum absolute atomic E-state index is 4.34. The van der Waals surface area contributed by atoms with Gasteiger partial charge in [-0.25, -0.2) is 9.67 Å². The Morgan fingerprint density at radius 1 is 1.30 bits per heavy atom. The van der Waals surface area contributed by atoms with Crippen LogP contribution in [0.4, 0.5) is 0 Å². The van der Waals surface area contributed by atoms with Crippen LogP contribution in [0.25, 0.3) is 0 Å². The van der Waals surface area contributed by atoms with Gasteiger partial charge in [0.15, 0.2) is 0 Å². The summed E-state index contributed by atoms with van der Waals surface area (Å²) in [7, 11) is 0. The van der Waals surface area contributed by atoms with E-state index in [1.807, 2.05) is 16.0 Å². The first-order chi connectivity index (χ1) is 9.54. The number of rotatable bonds is 7. The van der Waals surface area contributed by atoms with Crippen LogP contribution in [0.3, 0.4) is 0 Å². The summed E-state index contributed by atoms with van der Waals surface area (Å²) in [6.45, 7) is 10.5. The molecule has 0 saturated heterocycles. The Balaban J connectivity index is 1.84. The maximum atomic E-state index is 4.34. The lowest BCUT2D eigenvalue weighted by atomic mass is 10.2. The van der Waals surface area contributed by atoms with Crippen LogP contribution in [0.1, 0.15) is 36.3 Å². The molecular formula is C15H24N4S. The minimum Gasteiger partial charge on any atom is -0.307 e. The van der Waals surface area contributed by atoms with Crippen molar-refractivity contribution in [3.05, 3.63) is 34.0 Å². The molecular weight excluding hydrogens is 268 g/mol. The second kappa shape index (κ2) is 6.99. The number of hydrogen-bond acceptors (Lipinski definition) is 4. The van der Waals surface area contributed by atoms with E-state index < -0.39 is 0 Å². The Morgan fingerprint density at radius 2 is 2.10 bits per heavy atom. The van der Waals surface area contributed by atoms with Crippen LogP contribution in [-0.2, 0) is 19.5 Å². The van der Waals surface area contributed by atoms with Crippen LogP contribution in [0.5, 0.6) is 0 Å². The van der Waals surface area contributed by atoms with E-state index in [1.165, 1.54) is 9.75 Å². The van der Waals surface area contributed by atoms with Gasteiger partial charge >= 0.3 is 0 Å². The Labute approximate surface area is 125 Å². The Kier molecular flexibility index (Phi) is 5.31. The quantitative estimate of drug-likeness (QED) is 0.853. The summed E-state index contributed by atoms with van der Waals surface area (Å²) in [5.74, 6) is 1.61. The highest BCUT2D eigenvalue weighted by Gasteiger charge is 2.09. The largest absolute Gasteiger partial charge is 0.307 e. The van der Waals surface area contributed by atoms with E-state index in [1.54, 1.807) is 6.33 Å². The number of hydrogen-bond donors (Lipinski definition) is 1. The second-order valence-corrected chi connectivity index (χ2v) is 7.12. The van der Waals surface area contributed by atoms with Crippen molar-refractivity contribution in [1.29, 1.82) is 0 Å². The summed E-state index contributed by atoms with van der Waals surface area (Å²) in [5.41, 5.74) is 0. The molecule has 4 nitrogen and oxygen atoms in total. The van der Waals surface area contributed by atoms with Crippen LogP contribution in [-0.4, -0.2) is 20.8 Å². The van der Waals surface area contributed by atoms with Crippen LogP contribution < -0.4 is 5.32 Å². The molecule has 0 spiro atoms. The summed E-state index contributed by atoms with van der Waals surface area (Å²) >= 11 is 1.88. The SMILES string of the molecule is Cc1ccc(CC(C)NCc2ncnn2CC(C)C)s1. The first-order valence-corrected chi connectivity index (χ1v) is 8.01. The van der Waals surface area contributed by atoms with Gasteiger partial charge in [0, 0.05) is 22.3 Å². The highest BCUT2D eigenvalue weighted by molar-refractivity contribution is 7.11. The lowest BCUT2D eigenvalue weighted by Crippen LogP contribution is -2.29. The Hall–Kier alpha value is -1.20. The van der Waals surface area contributed by atoms with Gasteiger partial charge in [0.25, 0.3) is 0 Å². The molecule has 0 aliphatic rings. The molecule has 0 aromatic carbocycles. The van der Waals surface area contributed by atoms with Gasteiger partial charge in [0.2, 0.25) is 0 Å². The molecule has 110 valence electrons. The standard InChI is InChI=1S/C15H24N4S/c1-11(2)9-19-15(17-10-18-19)8-16-12(3)7-14-6-5-13(4)20-14/h5-6,10-12,16H,7-9H2,1-4H3. The predicted molar refractivity (Wildman–Crippen MR) is 83.9 cm³/mol. The third-order valence-corrected chi connectivity index (χ3v) is 4.17. The van der Waals surface area contributed by atoms with Crippen molar-refractivity contribution in [3.8, 4) is 0 Å². The lowest BCUT2D eigenvalue weighted by molar-refractivity contribution is 0.446. The molecule has 2 aromatic rings. The topological polar surface area (TPSA) is 42.7 Å². The average Bonchev–Trinajstić information content (AvgIpc) is 2.96. The first kappa shape index (κ1) is 15.2. The van der Waals surface area contributed by atoms with Gasteiger partial charge in [-0.1, -0.05) is 13.8 Å². The number of aromatic nitrogens is 3. The Bertz CT molecular complexity index is 529. The third kappa shape index (κ3) is 4.42. The van der Waals surface area contributed by atoms with Crippen molar-refractivity contribution >= 4 is 11.3 Å². The summed E-state index contributed by atoms with van der Waals surface area (Å²) in [6, 6.07) is 4.85. The maximum Gasteiger partial charge on any atom is 0.140 e. The number of nitrogens with zero attached hydrogens (tertiary/aromatic N) is 3. The van der Waals surface area contributed by atoms with Crippen molar-refractivity contribution in [2.24, 2.45) is 5.92 Å². The smallest absolute Gasteiger partial charge is 0.140 e. The molecule has 0 fully saturated rings. The molecule has 0 bridgehead atoms. The van der Waals surface area contributed by atoms with Gasteiger partial charge < -0.3 is 5.32 Å². The fraction of sp³-hybridized carbons (Fsp3) is 0.600. The molecule has 2 rings (SSSR count). The molecule has 2 aromatic heterocycles. The molecule has 0 amide bonds. The van der Waals surface area contributed by atoms with Crippen LogP contribution in [0, 0.1) is 12.8 Å². The number of aryl methyl sites for hydroxylation is 1. The van der Waals surface area contributed by atoms with Crippen LogP contribution in [0.2, 0.25) is 0 Å². The van der Waals surface area contributed by atoms with Gasteiger partial charge in [-0.2, -0.15) is 5.10 Å². The minimum atomic E-state index is 0.442. The van der Waals surface area contributed by atoms with E-state index in [0.717, 1.165) is 25.3 Å². The van der Waals surface area contributed by atoms with Crippen molar-refractivity contribution < 1.29 is 0 Å². The summed E-state index contributed by atoms with van der Waals surface area (Å²) in [6.07, 6.45) is 2.71.